The zero-order valence-corrected chi connectivity index (χ0v) is 5.57. The first-order chi connectivity index (χ1) is 5.22. The second kappa shape index (κ2) is 2.92. The van der Waals surface area contributed by atoms with Crippen LogP contribution < -0.4 is 5.73 Å². The van der Waals surface area contributed by atoms with E-state index in [4.69, 9.17) is 5.73 Å². The van der Waals surface area contributed by atoms with E-state index in [9.17, 15) is 9.59 Å². The van der Waals surface area contributed by atoms with E-state index in [-0.39, 0.29) is 5.56 Å². The molecule has 1 N–H and O–H groups in total. The van der Waals surface area contributed by atoms with Crippen LogP contribution in [0.3, 0.4) is 0 Å². The second-order valence-electron chi connectivity index (χ2n) is 1.90. The third-order valence-corrected chi connectivity index (χ3v) is 1.13. The van der Waals surface area contributed by atoms with Crippen LogP contribution in [0, 0.1) is 0 Å². The quantitative estimate of drug-likeness (QED) is 0.441. The summed E-state index contributed by atoms with van der Waals surface area (Å²) in [6, 6.07) is 2.98. The maximum Gasteiger partial charge on any atom is 0.310 e. The Morgan fingerprint density at radius 2 is 2.18 bits per heavy atom. The maximum absolute atomic E-state index is 10.8. The van der Waals surface area contributed by atoms with E-state index in [2.05, 4.69) is 4.98 Å². The number of carbonyl (C=O) groups is 2. The van der Waals surface area contributed by atoms with E-state index in [1.807, 2.05) is 0 Å². The number of pyridine rings is 1. The Bertz CT molecular complexity index is 282. The molecule has 0 aliphatic rings. The number of carbonyl (C=O) groups excluding carboxylic acids is 2. The molecule has 0 spiro atoms. The molecular weight excluding hydrogens is 144 g/mol. The third-order valence-electron chi connectivity index (χ3n) is 1.13. The Balaban J connectivity index is 2.95. The van der Waals surface area contributed by atoms with Crippen molar-refractivity contribution >= 4 is 11.7 Å². The van der Waals surface area contributed by atoms with Gasteiger partial charge in [0.15, 0.2) is 0 Å². The number of nitrogens with one attached hydrogen (secondary N) is 1. The molecule has 0 aliphatic heterocycles. The van der Waals surface area contributed by atoms with Gasteiger partial charge in [-0.2, -0.15) is 0 Å². The summed E-state index contributed by atoms with van der Waals surface area (Å²) in [5, 5.41) is 0. The van der Waals surface area contributed by atoms with E-state index < -0.39 is 11.7 Å². The third kappa shape index (κ3) is 1.61. The summed E-state index contributed by atoms with van der Waals surface area (Å²) in [4.78, 5) is 24.6. The zero-order valence-electron chi connectivity index (χ0n) is 5.57. The van der Waals surface area contributed by atoms with Crippen LogP contribution in [0.25, 0.3) is 0 Å². The van der Waals surface area contributed by atoms with Crippen molar-refractivity contribution in [3.63, 3.8) is 0 Å². The molecule has 11 heavy (non-hydrogen) atoms. The maximum atomic E-state index is 10.8. The number of ketones is 1. The normalized spacial score (nSPS) is 9.09. The molecule has 0 saturated carbocycles. The van der Waals surface area contributed by atoms with Gasteiger partial charge in [-0.25, -0.2) is 0 Å². The highest BCUT2D eigenvalue weighted by atomic mass is 16.2. The first-order valence-electron chi connectivity index (χ1n) is 2.92. The van der Waals surface area contributed by atoms with Crippen molar-refractivity contribution in [3.8, 4) is 0 Å². The summed E-state index contributed by atoms with van der Waals surface area (Å²) >= 11 is 0. The van der Waals surface area contributed by atoms with E-state index in [0.29, 0.717) is 0 Å². The van der Waals surface area contributed by atoms with Gasteiger partial charge in [-0.3, -0.25) is 20.3 Å². The van der Waals surface area contributed by atoms with E-state index in [0.717, 1.165) is 0 Å². The number of amides is 1. The summed E-state index contributed by atoms with van der Waals surface area (Å²) in [7, 11) is 0. The monoisotopic (exact) mass is 149 g/mol. The van der Waals surface area contributed by atoms with Gasteiger partial charge in [-0.1, -0.05) is 0 Å². The Kier molecular flexibility index (Phi) is 1.96. The zero-order chi connectivity index (χ0) is 8.27. The lowest BCUT2D eigenvalue weighted by atomic mass is 10.2. The van der Waals surface area contributed by atoms with Crippen LogP contribution in [0.2, 0.25) is 0 Å². The number of rotatable bonds is 2. The lowest BCUT2D eigenvalue weighted by Crippen LogP contribution is -2.14. The summed E-state index contributed by atoms with van der Waals surface area (Å²) < 4.78 is 0. The van der Waals surface area contributed by atoms with Crippen LogP contribution in [0.15, 0.2) is 24.5 Å². The van der Waals surface area contributed by atoms with Crippen molar-refractivity contribution in [2.24, 2.45) is 0 Å². The van der Waals surface area contributed by atoms with Gasteiger partial charge in [0.25, 0.3) is 5.78 Å². The smallest absolute Gasteiger partial charge is 0.283 e. The SMILES string of the molecule is [NH]C(=O)C(=O)c1cccnc1. The van der Waals surface area contributed by atoms with Crippen molar-refractivity contribution in [1.29, 1.82) is 0 Å². The lowest BCUT2D eigenvalue weighted by molar-refractivity contribution is -0.114. The van der Waals surface area contributed by atoms with Crippen molar-refractivity contribution < 1.29 is 9.59 Å². The number of Topliss-reactive ketones (excluding diaryl/α,β-unsaturated/α-hetero) is 1. The Morgan fingerprint density at radius 1 is 1.45 bits per heavy atom. The number of hydrogen-bond acceptors (Lipinski definition) is 3. The highest BCUT2D eigenvalue weighted by Gasteiger charge is 2.11. The van der Waals surface area contributed by atoms with Crippen LogP contribution >= 0.6 is 0 Å². The van der Waals surface area contributed by atoms with Crippen LogP contribution in [0.1, 0.15) is 10.4 Å². The molecule has 1 heterocycles. The van der Waals surface area contributed by atoms with Gasteiger partial charge in [0.05, 0.1) is 0 Å². The molecule has 0 bridgehead atoms. The highest BCUT2D eigenvalue weighted by Crippen LogP contribution is 1.96. The molecule has 4 nitrogen and oxygen atoms in total. The van der Waals surface area contributed by atoms with E-state index in [1.54, 1.807) is 0 Å². The predicted molar refractivity (Wildman–Crippen MR) is 36.7 cm³/mol. The molecule has 1 aromatic heterocycles. The molecule has 0 fully saturated rings. The van der Waals surface area contributed by atoms with Crippen LogP contribution in [0.5, 0.6) is 0 Å². The van der Waals surface area contributed by atoms with E-state index in [1.165, 1.54) is 24.5 Å². The molecule has 0 aromatic carbocycles. The molecule has 0 atom stereocenters. The van der Waals surface area contributed by atoms with Gasteiger partial charge < -0.3 is 0 Å². The van der Waals surface area contributed by atoms with Gasteiger partial charge >= 0.3 is 5.91 Å². The summed E-state index contributed by atoms with van der Waals surface area (Å²) in [5.74, 6) is -2.03. The molecule has 1 rings (SSSR count). The molecule has 0 unspecified atom stereocenters. The molecule has 1 radical (unpaired) electrons. The van der Waals surface area contributed by atoms with Crippen molar-refractivity contribution in [3.05, 3.63) is 30.1 Å². The van der Waals surface area contributed by atoms with Crippen LogP contribution in [-0.2, 0) is 4.79 Å². The van der Waals surface area contributed by atoms with Gasteiger partial charge in [-0.05, 0) is 12.1 Å². The molecule has 4 heteroatoms. The van der Waals surface area contributed by atoms with Crippen molar-refractivity contribution in [1.82, 2.24) is 10.7 Å². The minimum Gasteiger partial charge on any atom is -0.283 e. The van der Waals surface area contributed by atoms with E-state index >= 15 is 0 Å². The minimum absolute atomic E-state index is 0.160. The molecule has 55 valence electrons. The number of aromatic nitrogens is 1. The van der Waals surface area contributed by atoms with Crippen LogP contribution in [0.4, 0.5) is 0 Å². The van der Waals surface area contributed by atoms with Gasteiger partial charge in [0.1, 0.15) is 0 Å². The van der Waals surface area contributed by atoms with Crippen molar-refractivity contribution in [2.75, 3.05) is 0 Å². The Labute approximate surface area is 63.0 Å². The average Bonchev–Trinajstić information content (AvgIpc) is 2.05. The molecule has 0 aliphatic carbocycles. The Morgan fingerprint density at radius 3 is 2.64 bits per heavy atom. The predicted octanol–water partition coefficient (Wildman–Crippen LogP) is 0.0738. The standard InChI is InChI=1S/C7H5N2O2/c8-7(11)6(10)5-2-1-3-9-4-5/h1-4,8H. The molecule has 1 amide bonds. The fraction of sp³-hybridized carbons (Fsp3) is 0. The van der Waals surface area contributed by atoms with Gasteiger partial charge in [0, 0.05) is 18.0 Å². The summed E-state index contributed by atoms with van der Waals surface area (Å²) in [6.45, 7) is 0. The molecular formula is C7H5N2O2. The summed E-state index contributed by atoms with van der Waals surface area (Å²) in [5.41, 5.74) is 6.66. The topological polar surface area (TPSA) is 70.8 Å². The Hall–Kier alpha value is -1.71. The second-order valence-corrected chi connectivity index (χ2v) is 1.90. The number of nitrogens with zero attached hydrogens (tertiary/aromatic N) is 1. The van der Waals surface area contributed by atoms with Gasteiger partial charge in [0.2, 0.25) is 0 Å². The largest absolute Gasteiger partial charge is 0.310 e. The molecule has 0 saturated heterocycles. The highest BCUT2D eigenvalue weighted by molar-refractivity contribution is 6.41. The number of hydrogen-bond donors (Lipinski definition) is 0. The average molecular weight is 149 g/mol. The van der Waals surface area contributed by atoms with Crippen LogP contribution in [-0.4, -0.2) is 16.7 Å². The minimum atomic E-state index is -1.21. The molecule has 1 aromatic rings. The fourth-order valence-electron chi connectivity index (χ4n) is 0.628. The first-order valence-corrected chi connectivity index (χ1v) is 2.92. The van der Waals surface area contributed by atoms with Crippen molar-refractivity contribution in [2.45, 2.75) is 0 Å². The first kappa shape index (κ1) is 7.40. The lowest BCUT2D eigenvalue weighted by Gasteiger charge is -1.91. The summed E-state index contributed by atoms with van der Waals surface area (Å²) in [6.07, 6.45) is 2.75. The van der Waals surface area contributed by atoms with Gasteiger partial charge in [-0.15, -0.1) is 0 Å². The fourth-order valence-corrected chi connectivity index (χ4v) is 0.628.